The maximum absolute atomic E-state index is 12.8. The molecule has 1 N–H and O–H groups in total. The Bertz CT molecular complexity index is 1160. The standard InChI is InChI=1S/C22H25N5O3S/c1-17-15-23-27(16-17)20-7-3-18(4-8-20)22(28)24-19-5-9-21(10-6-19)31(29,30)26-13-11-25(2)12-14-26/h3-10,15-16H,11-14H2,1-2H3,(H,24,28). The summed E-state index contributed by atoms with van der Waals surface area (Å²) in [4.78, 5) is 14.9. The Balaban J connectivity index is 1.42. The molecule has 0 radical (unpaired) electrons. The van der Waals surface area contributed by atoms with E-state index in [9.17, 15) is 13.2 Å². The number of nitrogens with one attached hydrogen (secondary N) is 1. The Morgan fingerprint density at radius 1 is 0.968 bits per heavy atom. The monoisotopic (exact) mass is 439 g/mol. The Labute approximate surface area is 182 Å². The van der Waals surface area contributed by atoms with Gasteiger partial charge >= 0.3 is 0 Å². The first-order chi connectivity index (χ1) is 14.8. The number of amides is 1. The number of aryl methyl sites for hydroxylation is 1. The highest BCUT2D eigenvalue weighted by atomic mass is 32.2. The smallest absolute Gasteiger partial charge is 0.255 e. The van der Waals surface area contributed by atoms with E-state index in [4.69, 9.17) is 0 Å². The first kappa shape index (κ1) is 21.2. The highest BCUT2D eigenvalue weighted by molar-refractivity contribution is 7.89. The van der Waals surface area contributed by atoms with Gasteiger partial charge in [0, 0.05) is 43.6 Å². The summed E-state index contributed by atoms with van der Waals surface area (Å²) in [6.07, 6.45) is 3.68. The molecule has 1 aliphatic heterocycles. The van der Waals surface area contributed by atoms with Crippen molar-refractivity contribution < 1.29 is 13.2 Å². The Kier molecular flexibility index (Phi) is 5.90. The van der Waals surface area contributed by atoms with E-state index in [-0.39, 0.29) is 10.8 Å². The van der Waals surface area contributed by atoms with Gasteiger partial charge in [-0.2, -0.15) is 9.40 Å². The molecular formula is C22H25N5O3S. The average molecular weight is 440 g/mol. The van der Waals surface area contributed by atoms with E-state index >= 15 is 0 Å². The predicted molar refractivity (Wildman–Crippen MR) is 119 cm³/mol. The number of carbonyl (C=O) groups is 1. The average Bonchev–Trinajstić information content (AvgIpc) is 3.21. The van der Waals surface area contributed by atoms with E-state index in [0.717, 1.165) is 11.3 Å². The maximum Gasteiger partial charge on any atom is 0.255 e. The summed E-state index contributed by atoms with van der Waals surface area (Å²) < 4.78 is 28.9. The fourth-order valence-electron chi connectivity index (χ4n) is 3.41. The lowest BCUT2D eigenvalue weighted by molar-refractivity contribution is 0.102. The van der Waals surface area contributed by atoms with Crippen LogP contribution < -0.4 is 5.32 Å². The molecule has 9 heteroatoms. The van der Waals surface area contributed by atoms with E-state index in [1.54, 1.807) is 35.1 Å². The quantitative estimate of drug-likeness (QED) is 0.660. The van der Waals surface area contributed by atoms with Crippen LogP contribution in [0.4, 0.5) is 5.69 Å². The van der Waals surface area contributed by atoms with Crippen LogP contribution in [0.15, 0.2) is 65.8 Å². The van der Waals surface area contributed by atoms with Crippen LogP contribution in [0.25, 0.3) is 5.69 Å². The minimum Gasteiger partial charge on any atom is -0.322 e. The molecule has 31 heavy (non-hydrogen) atoms. The van der Waals surface area contributed by atoms with Crippen molar-refractivity contribution in [1.29, 1.82) is 0 Å². The van der Waals surface area contributed by atoms with Crippen LogP contribution in [0.3, 0.4) is 0 Å². The van der Waals surface area contributed by atoms with Crippen molar-refractivity contribution in [2.24, 2.45) is 0 Å². The van der Waals surface area contributed by atoms with Crippen LogP contribution in [0.5, 0.6) is 0 Å². The van der Waals surface area contributed by atoms with Crippen molar-refractivity contribution in [2.75, 3.05) is 38.5 Å². The van der Waals surface area contributed by atoms with Gasteiger partial charge in [0.25, 0.3) is 5.91 Å². The number of anilines is 1. The number of hydrogen-bond donors (Lipinski definition) is 1. The molecule has 0 bridgehead atoms. The third-order valence-corrected chi connectivity index (χ3v) is 7.23. The van der Waals surface area contributed by atoms with Crippen LogP contribution in [0, 0.1) is 6.92 Å². The number of sulfonamides is 1. The van der Waals surface area contributed by atoms with Crippen LogP contribution in [-0.2, 0) is 10.0 Å². The summed E-state index contributed by atoms with van der Waals surface area (Å²) >= 11 is 0. The highest BCUT2D eigenvalue weighted by Gasteiger charge is 2.27. The number of carbonyl (C=O) groups excluding carboxylic acids is 1. The third-order valence-electron chi connectivity index (χ3n) is 5.32. The normalized spacial score (nSPS) is 15.7. The van der Waals surface area contributed by atoms with E-state index in [2.05, 4.69) is 15.3 Å². The van der Waals surface area contributed by atoms with E-state index in [1.165, 1.54) is 16.4 Å². The van der Waals surface area contributed by atoms with Gasteiger partial charge in [-0.25, -0.2) is 13.1 Å². The lowest BCUT2D eigenvalue weighted by atomic mass is 10.2. The number of nitrogens with zero attached hydrogens (tertiary/aromatic N) is 4. The molecule has 3 aromatic rings. The van der Waals surface area contributed by atoms with Gasteiger partial charge in [0.1, 0.15) is 0 Å². The highest BCUT2D eigenvalue weighted by Crippen LogP contribution is 2.20. The molecule has 162 valence electrons. The molecule has 8 nitrogen and oxygen atoms in total. The fourth-order valence-corrected chi connectivity index (χ4v) is 4.83. The van der Waals surface area contributed by atoms with Crippen molar-refractivity contribution in [3.8, 4) is 5.69 Å². The van der Waals surface area contributed by atoms with Crippen LogP contribution in [0.2, 0.25) is 0 Å². The van der Waals surface area contributed by atoms with Crippen LogP contribution >= 0.6 is 0 Å². The fraction of sp³-hybridized carbons (Fsp3) is 0.273. The topological polar surface area (TPSA) is 87.5 Å². The zero-order valence-corrected chi connectivity index (χ0v) is 18.3. The molecule has 1 fully saturated rings. The lowest BCUT2D eigenvalue weighted by Crippen LogP contribution is -2.46. The molecule has 0 unspecified atom stereocenters. The van der Waals surface area contributed by atoms with Crippen molar-refractivity contribution in [3.63, 3.8) is 0 Å². The van der Waals surface area contributed by atoms with E-state index in [1.807, 2.05) is 32.3 Å². The molecule has 1 amide bonds. The summed E-state index contributed by atoms with van der Waals surface area (Å²) in [7, 11) is -1.55. The summed E-state index contributed by atoms with van der Waals surface area (Å²) in [5.41, 5.74) is 2.96. The first-order valence-electron chi connectivity index (χ1n) is 10.0. The number of rotatable bonds is 5. The van der Waals surface area contributed by atoms with E-state index < -0.39 is 10.0 Å². The second-order valence-corrected chi connectivity index (χ2v) is 9.63. The van der Waals surface area contributed by atoms with Gasteiger partial charge in [0.05, 0.1) is 16.8 Å². The van der Waals surface area contributed by atoms with Crippen molar-refractivity contribution in [1.82, 2.24) is 19.0 Å². The summed E-state index contributed by atoms with van der Waals surface area (Å²) in [6, 6.07) is 13.4. The molecular weight excluding hydrogens is 414 g/mol. The zero-order chi connectivity index (χ0) is 22.0. The number of piperazine rings is 1. The number of aromatic nitrogens is 2. The SMILES string of the molecule is Cc1cnn(-c2ccc(C(=O)Nc3ccc(S(=O)(=O)N4CCN(C)CC4)cc3)cc2)c1. The molecule has 0 saturated carbocycles. The summed E-state index contributed by atoms with van der Waals surface area (Å²) in [5.74, 6) is -0.266. The molecule has 0 atom stereocenters. The van der Waals surface area contributed by atoms with Gasteiger partial charge in [0.2, 0.25) is 10.0 Å². The van der Waals surface area contributed by atoms with Crippen LogP contribution in [0.1, 0.15) is 15.9 Å². The molecule has 1 aromatic heterocycles. The minimum absolute atomic E-state index is 0.230. The first-order valence-corrected chi connectivity index (χ1v) is 11.5. The van der Waals surface area contributed by atoms with Gasteiger partial charge in [-0.15, -0.1) is 0 Å². The van der Waals surface area contributed by atoms with Gasteiger partial charge < -0.3 is 10.2 Å². The molecule has 1 aliphatic rings. The van der Waals surface area contributed by atoms with E-state index in [0.29, 0.717) is 37.4 Å². The Morgan fingerprint density at radius 2 is 1.61 bits per heavy atom. The largest absolute Gasteiger partial charge is 0.322 e. The second kappa shape index (κ2) is 8.62. The minimum atomic E-state index is -3.53. The molecule has 0 aliphatic carbocycles. The molecule has 1 saturated heterocycles. The molecule has 0 spiro atoms. The molecule has 2 aromatic carbocycles. The molecule has 4 rings (SSSR count). The third kappa shape index (κ3) is 4.68. The van der Waals surface area contributed by atoms with Gasteiger partial charge in [0.15, 0.2) is 0 Å². The summed E-state index contributed by atoms with van der Waals surface area (Å²) in [6.45, 7) is 4.35. The maximum atomic E-state index is 12.8. The van der Waals surface area contributed by atoms with Gasteiger partial charge in [-0.3, -0.25) is 4.79 Å². The Morgan fingerprint density at radius 3 is 2.19 bits per heavy atom. The predicted octanol–water partition coefficient (Wildman–Crippen LogP) is 2.37. The Hall–Kier alpha value is -3.01. The summed E-state index contributed by atoms with van der Waals surface area (Å²) in [5, 5.41) is 7.06. The lowest BCUT2D eigenvalue weighted by Gasteiger charge is -2.31. The van der Waals surface area contributed by atoms with Crippen molar-refractivity contribution in [2.45, 2.75) is 11.8 Å². The second-order valence-electron chi connectivity index (χ2n) is 7.69. The number of likely N-dealkylation sites (N-methyl/N-ethyl adjacent to an activating group) is 1. The van der Waals surface area contributed by atoms with Gasteiger partial charge in [-0.1, -0.05) is 0 Å². The number of hydrogen-bond acceptors (Lipinski definition) is 5. The van der Waals surface area contributed by atoms with Crippen LogP contribution in [-0.4, -0.2) is 66.5 Å². The molecule has 2 heterocycles. The van der Waals surface area contributed by atoms with Crippen molar-refractivity contribution in [3.05, 3.63) is 72.1 Å². The zero-order valence-electron chi connectivity index (χ0n) is 17.5. The van der Waals surface area contributed by atoms with Gasteiger partial charge in [-0.05, 0) is 68.1 Å². The van der Waals surface area contributed by atoms with Crippen molar-refractivity contribution >= 4 is 21.6 Å². The number of benzene rings is 2.